The summed E-state index contributed by atoms with van der Waals surface area (Å²) < 4.78 is 0. The van der Waals surface area contributed by atoms with Gasteiger partial charge in [0.1, 0.15) is 0 Å². The van der Waals surface area contributed by atoms with Crippen LogP contribution < -0.4 is 5.73 Å². The number of thiazole rings is 1. The van der Waals surface area contributed by atoms with Gasteiger partial charge in [-0.1, -0.05) is 29.5 Å². The molecule has 0 aliphatic carbocycles. The average molecular weight is 218 g/mol. The largest absolute Gasteiger partial charge is 0.375 e. The molecule has 0 radical (unpaired) electrons. The van der Waals surface area contributed by atoms with E-state index in [2.05, 4.69) is 15.2 Å². The molecule has 0 bridgehead atoms. The van der Waals surface area contributed by atoms with Crippen molar-refractivity contribution in [3.8, 4) is 0 Å². The molecule has 0 atom stereocenters. The van der Waals surface area contributed by atoms with E-state index in [0.717, 1.165) is 16.4 Å². The molecule has 0 unspecified atom stereocenters. The van der Waals surface area contributed by atoms with Crippen LogP contribution in [0.25, 0.3) is 0 Å². The molecule has 15 heavy (non-hydrogen) atoms. The highest BCUT2D eigenvalue weighted by Gasteiger charge is 2.02. The molecule has 4 nitrogen and oxygen atoms in total. The minimum Gasteiger partial charge on any atom is -0.375 e. The SMILES string of the molecule is Cc1nc(N)sc1/N=N/c1ccccc1. The lowest BCUT2D eigenvalue weighted by atomic mass is 10.3. The first-order chi connectivity index (χ1) is 7.25. The van der Waals surface area contributed by atoms with Gasteiger partial charge in [0, 0.05) is 0 Å². The van der Waals surface area contributed by atoms with Gasteiger partial charge in [0.05, 0.1) is 11.4 Å². The molecular formula is C10H10N4S. The Morgan fingerprint density at radius 3 is 2.53 bits per heavy atom. The van der Waals surface area contributed by atoms with E-state index in [1.54, 1.807) is 0 Å². The highest BCUT2D eigenvalue weighted by Crippen LogP contribution is 2.29. The quantitative estimate of drug-likeness (QED) is 0.784. The van der Waals surface area contributed by atoms with E-state index < -0.39 is 0 Å². The molecule has 2 aromatic rings. The average Bonchev–Trinajstić information content (AvgIpc) is 2.56. The second kappa shape index (κ2) is 4.18. The maximum atomic E-state index is 5.55. The van der Waals surface area contributed by atoms with Crippen molar-refractivity contribution in [1.82, 2.24) is 4.98 Å². The van der Waals surface area contributed by atoms with Gasteiger partial charge in [0.2, 0.25) is 0 Å². The summed E-state index contributed by atoms with van der Waals surface area (Å²) in [6.07, 6.45) is 0. The fourth-order valence-corrected chi connectivity index (χ4v) is 1.76. The molecule has 5 heteroatoms. The third kappa shape index (κ3) is 2.38. The molecule has 76 valence electrons. The summed E-state index contributed by atoms with van der Waals surface area (Å²) in [6, 6.07) is 9.56. The number of benzene rings is 1. The van der Waals surface area contributed by atoms with Crippen molar-refractivity contribution in [3.05, 3.63) is 36.0 Å². The van der Waals surface area contributed by atoms with E-state index >= 15 is 0 Å². The van der Waals surface area contributed by atoms with E-state index in [9.17, 15) is 0 Å². The van der Waals surface area contributed by atoms with Crippen LogP contribution in [0.2, 0.25) is 0 Å². The number of nitrogens with two attached hydrogens (primary N) is 1. The van der Waals surface area contributed by atoms with Gasteiger partial charge in [-0.3, -0.25) is 0 Å². The number of hydrogen-bond acceptors (Lipinski definition) is 5. The summed E-state index contributed by atoms with van der Waals surface area (Å²) in [5.74, 6) is 0. The van der Waals surface area contributed by atoms with Crippen molar-refractivity contribution >= 4 is 27.2 Å². The fraction of sp³-hybridized carbons (Fsp3) is 0.100. The van der Waals surface area contributed by atoms with Crippen LogP contribution in [-0.4, -0.2) is 4.98 Å². The normalized spacial score (nSPS) is 11.0. The third-order valence-corrected chi connectivity index (χ3v) is 2.67. The van der Waals surface area contributed by atoms with Crippen molar-refractivity contribution in [2.75, 3.05) is 5.73 Å². The van der Waals surface area contributed by atoms with Gasteiger partial charge < -0.3 is 5.73 Å². The van der Waals surface area contributed by atoms with E-state index in [-0.39, 0.29) is 0 Å². The first-order valence-corrected chi connectivity index (χ1v) is 5.27. The smallest absolute Gasteiger partial charge is 0.182 e. The summed E-state index contributed by atoms with van der Waals surface area (Å²) in [4.78, 5) is 4.07. The van der Waals surface area contributed by atoms with Crippen LogP contribution in [0.1, 0.15) is 5.69 Å². The number of nitrogen functional groups attached to an aromatic ring is 1. The number of hydrogen-bond donors (Lipinski definition) is 1. The van der Waals surface area contributed by atoms with E-state index in [4.69, 9.17) is 5.73 Å². The Morgan fingerprint density at radius 1 is 1.20 bits per heavy atom. The fourth-order valence-electron chi connectivity index (χ4n) is 1.10. The lowest BCUT2D eigenvalue weighted by Crippen LogP contribution is -1.80. The first kappa shape index (κ1) is 9.79. The molecule has 0 saturated carbocycles. The number of rotatable bonds is 2. The topological polar surface area (TPSA) is 63.6 Å². The Labute approximate surface area is 91.5 Å². The van der Waals surface area contributed by atoms with Crippen LogP contribution in [0.15, 0.2) is 40.6 Å². The summed E-state index contributed by atoms with van der Waals surface area (Å²) in [5, 5.41) is 9.47. The van der Waals surface area contributed by atoms with Crippen LogP contribution >= 0.6 is 11.3 Å². The highest BCUT2D eigenvalue weighted by molar-refractivity contribution is 7.19. The molecule has 0 fully saturated rings. The Morgan fingerprint density at radius 2 is 1.93 bits per heavy atom. The Bertz CT molecular complexity index is 475. The molecule has 2 rings (SSSR count). The summed E-state index contributed by atoms with van der Waals surface area (Å²) >= 11 is 1.34. The zero-order valence-corrected chi connectivity index (χ0v) is 9.03. The van der Waals surface area contributed by atoms with Gasteiger partial charge in [-0.25, -0.2) is 4.98 Å². The molecule has 0 saturated heterocycles. The molecule has 0 spiro atoms. The van der Waals surface area contributed by atoms with Gasteiger partial charge in [0.25, 0.3) is 0 Å². The Balaban J connectivity index is 2.22. The van der Waals surface area contributed by atoms with E-state index in [0.29, 0.717) is 5.13 Å². The van der Waals surface area contributed by atoms with Crippen molar-refractivity contribution in [2.45, 2.75) is 6.92 Å². The molecule has 1 heterocycles. The number of nitrogens with zero attached hydrogens (tertiary/aromatic N) is 3. The number of azo groups is 1. The first-order valence-electron chi connectivity index (χ1n) is 4.45. The van der Waals surface area contributed by atoms with Gasteiger partial charge in [-0.05, 0) is 19.1 Å². The van der Waals surface area contributed by atoms with Crippen LogP contribution in [0.3, 0.4) is 0 Å². The second-order valence-electron chi connectivity index (χ2n) is 2.98. The second-order valence-corrected chi connectivity index (χ2v) is 3.99. The summed E-state index contributed by atoms with van der Waals surface area (Å²) in [7, 11) is 0. The number of anilines is 1. The predicted octanol–water partition coefficient (Wildman–Crippen LogP) is 3.45. The zero-order valence-electron chi connectivity index (χ0n) is 8.21. The molecule has 0 amide bonds. The number of aromatic nitrogens is 1. The van der Waals surface area contributed by atoms with Gasteiger partial charge in [-0.15, -0.1) is 10.2 Å². The van der Waals surface area contributed by atoms with Gasteiger partial charge in [0.15, 0.2) is 10.1 Å². The van der Waals surface area contributed by atoms with Crippen LogP contribution in [0.5, 0.6) is 0 Å². The molecule has 0 aliphatic heterocycles. The Kier molecular flexibility index (Phi) is 2.73. The lowest BCUT2D eigenvalue weighted by molar-refractivity contribution is 1.19. The van der Waals surface area contributed by atoms with E-state index in [1.165, 1.54) is 11.3 Å². The van der Waals surface area contributed by atoms with Crippen molar-refractivity contribution in [3.63, 3.8) is 0 Å². The van der Waals surface area contributed by atoms with E-state index in [1.807, 2.05) is 37.3 Å². The van der Waals surface area contributed by atoms with Gasteiger partial charge in [-0.2, -0.15) is 0 Å². The molecule has 0 aliphatic rings. The van der Waals surface area contributed by atoms with Crippen molar-refractivity contribution in [1.29, 1.82) is 0 Å². The van der Waals surface area contributed by atoms with Crippen LogP contribution in [0, 0.1) is 6.92 Å². The monoisotopic (exact) mass is 218 g/mol. The Hall–Kier alpha value is -1.75. The summed E-state index contributed by atoms with van der Waals surface area (Å²) in [6.45, 7) is 1.87. The molecule has 1 aromatic carbocycles. The lowest BCUT2D eigenvalue weighted by Gasteiger charge is -1.89. The highest BCUT2D eigenvalue weighted by atomic mass is 32.1. The summed E-state index contributed by atoms with van der Waals surface area (Å²) in [5.41, 5.74) is 7.19. The molecular weight excluding hydrogens is 208 g/mol. The van der Waals surface area contributed by atoms with Crippen LogP contribution in [-0.2, 0) is 0 Å². The van der Waals surface area contributed by atoms with Gasteiger partial charge >= 0.3 is 0 Å². The minimum atomic E-state index is 0.523. The maximum absolute atomic E-state index is 5.55. The van der Waals surface area contributed by atoms with Crippen molar-refractivity contribution < 1.29 is 0 Å². The van der Waals surface area contributed by atoms with Crippen molar-refractivity contribution in [2.24, 2.45) is 10.2 Å². The van der Waals surface area contributed by atoms with Crippen LogP contribution in [0.4, 0.5) is 15.8 Å². The maximum Gasteiger partial charge on any atom is 0.182 e. The number of aryl methyl sites for hydroxylation is 1. The third-order valence-electron chi connectivity index (χ3n) is 1.80. The minimum absolute atomic E-state index is 0.523. The standard InChI is InChI=1S/C10H10N4S/c1-7-9(15-10(11)12-7)14-13-8-5-3-2-4-6-8/h2-6H,1H3,(H2,11,12)/b14-13+. The predicted molar refractivity (Wildman–Crippen MR) is 61.9 cm³/mol. The molecule has 1 aromatic heterocycles. The molecule has 2 N–H and O–H groups in total. The zero-order chi connectivity index (χ0) is 10.7.